The zero-order valence-corrected chi connectivity index (χ0v) is 19.9. The smallest absolute Gasteiger partial charge is 0.190 e. The van der Waals surface area contributed by atoms with E-state index >= 15 is 0 Å². The van der Waals surface area contributed by atoms with Gasteiger partial charge in [0.05, 0.1) is 11.5 Å². The number of methoxy groups -OCH3 is 1. The number of hydrogen-bond donors (Lipinski definition) is 2. The van der Waals surface area contributed by atoms with Gasteiger partial charge in [0.1, 0.15) is 17.5 Å². The fourth-order valence-corrected chi connectivity index (χ4v) is 6.17. The zero-order valence-electron chi connectivity index (χ0n) is 19.9. The number of carbonyl (C=O) groups is 5. The lowest BCUT2D eigenvalue weighted by molar-refractivity contribution is -0.180. The number of fused-ring (bicyclic) bond motifs is 3. The molecular formula is C25H28N2O7. The van der Waals surface area contributed by atoms with Gasteiger partial charge in [-0.25, -0.2) is 0 Å². The minimum atomic E-state index is -2.05. The van der Waals surface area contributed by atoms with Gasteiger partial charge in [-0.05, 0) is 44.2 Å². The van der Waals surface area contributed by atoms with Gasteiger partial charge in [0.15, 0.2) is 28.7 Å². The number of nitrogens with one attached hydrogen (secondary N) is 1. The molecule has 4 rings (SSSR count). The number of nitrogens with zero attached hydrogens (tertiary/aromatic N) is 1. The molecule has 9 nitrogen and oxygen atoms in total. The highest BCUT2D eigenvalue weighted by atomic mass is 16.5. The van der Waals surface area contributed by atoms with Crippen molar-refractivity contribution < 1.29 is 33.8 Å². The molecule has 0 radical (unpaired) electrons. The number of rotatable bonds is 4. The average Bonchev–Trinajstić information content (AvgIpc) is 2.72. The van der Waals surface area contributed by atoms with Crippen LogP contribution in [-0.4, -0.2) is 66.5 Å². The lowest BCUT2D eigenvalue weighted by Gasteiger charge is -2.50. The van der Waals surface area contributed by atoms with E-state index in [1.54, 1.807) is 25.1 Å². The second kappa shape index (κ2) is 7.94. The van der Waals surface area contributed by atoms with Crippen molar-refractivity contribution in [3.63, 3.8) is 0 Å². The first-order valence-electron chi connectivity index (χ1n) is 11.2. The van der Waals surface area contributed by atoms with E-state index < -0.39 is 58.2 Å². The van der Waals surface area contributed by atoms with Crippen LogP contribution in [0.3, 0.4) is 0 Å². The van der Waals surface area contributed by atoms with Gasteiger partial charge in [0.2, 0.25) is 0 Å². The number of ether oxygens (including phenoxy) is 1. The second-order valence-electron chi connectivity index (χ2n) is 9.79. The molecule has 0 aromatic heterocycles. The van der Waals surface area contributed by atoms with Gasteiger partial charge in [0.25, 0.3) is 0 Å². The van der Waals surface area contributed by atoms with Gasteiger partial charge in [-0.15, -0.1) is 0 Å². The summed E-state index contributed by atoms with van der Waals surface area (Å²) in [5.74, 6) is -7.90. The topological polar surface area (TPSA) is 142 Å². The summed E-state index contributed by atoms with van der Waals surface area (Å²) in [5, 5.41) is 19.0. The van der Waals surface area contributed by atoms with Gasteiger partial charge in [0, 0.05) is 50.5 Å². The Morgan fingerprint density at radius 3 is 2.32 bits per heavy atom. The molecule has 5 unspecified atom stereocenters. The molecule has 3 aliphatic rings. The van der Waals surface area contributed by atoms with Crippen molar-refractivity contribution in [1.29, 1.82) is 5.41 Å². The lowest BCUT2D eigenvalue weighted by atomic mass is 9.53. The van der Waals surface area contributed by atoms with Crippen LogP contribution < -0.4 is 4.90 Å². The number of anilines is 1. The second-order valence-corrected chi connectivity index (χ2v) is 9.79. The number of phenols is 1. The Morgan fingerprint density at radius 1 is 1.15 bits per heavy atom. The van der Waals surface area contributed by atoms with Crippen molar-refractivity contribution in [2.45, 2.75) is 38.7 Å². The van der Waals surface area contributed by atoms with E-state index in [1.165, 1.54) is 14.0 Å². The minimum Gasteiger partial charge on any atom is -0.506 e. The van der Waals surface area contributed by atoms with Gasteiger partial charge in [-0.2, -0.15) is 0 Å². The molecule has 2 saturated carbocycles. The van der Waals surface area contributed by atoms with E-state index in [4.69, 9.17) is 10.1 Å². The number of benzene rings is 1. The summed E-state index contributed by atoms with van der Waals surface area (Å²) in [5.41, 5.74) is -0.584. The predicted octanol–water partition coefficient (Wildman–Crippen LogP) is 1.54. The third kappa shape index (κ3) is 3.02. The van der Waals surface area contributed by atoms with Crippen molar-refractivity contribution in [1.82, 2.24) is 0 Å². The molecule has 0 aliphatic heterocycles. The summed E-state index contributed by atoms with van der Waals surface area (Å²) in [4.78, 5) is 67.5. The third-order valence-electron chi connectivity index (χ3n) is 7.67. The monoisotopic (exact) mass is 468 g/mol. The van der Waals surface area contributed by atoms with E-state index in [2.05, 4.69) is 0 Å². The fourth-order valence-electron chi connectivity index (χ4n) is 6.17. The summed E-state index contributed by atoms with van der Waals surface area (Å²) in [6.07, 6.45) is 0.346. The molecule has 34 heavy (non-hydrogen) atoms. The first-order valence-corrected chi connectivity index (χ1v) is 11.2. The molecule has 5 atom stereocenters. The molecular weight excluding hydrogens is 440 g/mol. The molecule has 0 spiro atoms. The standard InChI is InChI=1S/C25H28N2O7/c1-10(26)14-9-16(27(3)4)15-7-12-6-13-8-17(29)18(11(2)28)23(32)25(13,34-5)24(33)19(12)22(31)20(15)21(14)30/h9,12-13,18-19,26,30H,6-8H2,1-5H3. The Bertz CT molecular complexity index is 1180. The third-order valence-corrected chi connectivity index (χ3v) is 7.67. The predicted molar refractivity (Wildman–Crippen MR) is 122 cm³/mol. The molecule has 1 aromatic rings. The first kappa shape index (κ1) is 23.9. The van der Waals surface area contributed by atoms with Crippen LogP contribution in [0.2, 0.25) is 0 Å². The van der Waals surface area contributed by atoms with Crippen LogP contribution in [0.1, 0.15) is 48.2 Å². The zero-order chi connectivity index (χ0) is 25.3. The Morgan fingerprint density at radius 2 is 1.79 bits per heavy atom. The van der Waals surface area contributed by atoms with Crippen LogP contribution in [0.5, 0.6) is 5.75 Å². The highest BCUT2D eigenvalue weighted by molar-refractivity contribution is 6.32. The highest BCUT2D eigenvalue weighted by Gasteiger charge is 2.67. The van der Waals surface area contributed by atoms with Crippen LogP contribution in [-0.2, 0) is 30.3 Å². The van der Waals surface area contributed by atoms with E-state index in [9.17, 15) is 29.1 Å². The molecule has 180 valence electrons. The van der Waals surface area contributed by atoms with Gasteiger partial charge < -0.3 is 20.2 Å². The molecule has 0 saturated heterocycles. The van der Waals surface area contributed by atoms with Crippen LogP contribution >= 0.6 is 0 Å². The molecule has 1 aromatic carbocycles. The molecule has 2 fully saturated rings. The maximum atomic E-state index is 13.9. The summed E-state index contributed by atoms with van der Waals surface area (Å²) >= 11 is 0. The number of ketones is 5. The molecule has 3 aliphatic carbocycles. The van der Waals surface area contributed by atoms with Crippen LogP contribution in [0.4, 0.5) is 5.69 Å². The molecule has 0 amide bonds. The Labute approximate surface area is 197 Å². The van der Waals surface area contributed by atoms with Crippen molar-refractivity contribution in [3.8, 4) is 5.75 Å². The highest BCUT2D eigenvalue weighted by Crippen LogP contribution is 2.52. The Hall–Kier alpha value is -3.20. The van der Waals surface area contributed by atoms with Crippen LogP contribution in [0, 0.1) is 29.1 Å². The largest absolute Gasteiger partial charge is 0.506 e. The molecule has 2 N–H and O–H groups in total. The quantitative estimate of drug-likeness (QED) is 0.501. The Balaban J connectivity index is 1.90. The first-order chi connectivity index (χ1) is 15.9. The fraction of sp³-hybridized carbons (Fsp3) is 0.520. The van der Waals surface area contributed by atoms with Crippen molar-refractivity contribution >= 4 is 40.3 Å². The van der Waals surface area contributed by atoms with Crippen molar-refractivity contribution in [2.75, 3.05) is 26.1 Å². The summed E-state index contributed by atoms with van der Waals surface area (Å²) in [6, 6.07) is 1.65. The maximum absolute atomic E-state index is 13.9. The van der Waals surface area contributed by atoms with Crippen molar-refractivity contribution in [3.05, 3.63) is 22.8 Å². The maximum Gasteiger partial charge on any atom is 0.190 e. The molecule has 0 bridgehead atoms. The average molecular weight is 469 g/mol. The van der Waals surface area contributed by atoms with E-state index in [1.807, 2.05) is 0 Å². The van der Waals surface area contributed by atoms with E-state index in [0.717, 1.165) is 6.92 Å². The minimum absolute atomic E-state index is 0.0189. The van der Waals surface area contributed by atoms with Gasteiger partial charge in [-0.1, -0.05) is 0 Å². The number of carbonyl (C=O) groups excluding carboxylic acids is 5. The summed E-state index contributed by atoms with van der Waals surface area (Å²) < 4.78 is 5.51. The molecule has 0 heterocycles. The lowest BCUT2D eigenvalue weighted by Crippen LogP contribution is -2.68. The SMILES string of the molecule is COC12C(=O)C(C(C)=O)C(=O)CC1CC1Cc3c(N(C)C)cc(C(C)=N)c(O)c3C(=O)C1C2=O. The van der Waals surface area contributed by atoms with Crippen molar-refractivity contribution in [2.24, 2.45) is 23.7 Å². The molecule has 9 heteroatoms. The van der Waals surface area contributed by atoms with Gasteiger partial charge in [-0.3, -0.25) is 24.0 Å². The van der Waals surface area contributed by atoms with E-state index in [0.29, 0.717) is 11.3 Å². The number of Topliss-reactive ketones (excluding diaryl/α,β-unsaturated/α-hetero) is 5. The van der Waals surface area contributed by atoms with E-state index in [-0.39, 0.29) is 41.9 Å². The normalized spacial score (nSPS) is 30.4. The number of aromatic hydroxyl groups is 1. The summed E-state index contributed by atoms with van der Waals surface area (Å²) in [6.45, 7) is 2.62. The van der Waals surface area contributed by atoms with Crippen LogP contribution in [0.25, 0.3) is 0 Å². The summed E-state index contributed by atoms with van der Waals surface area (Å²) in [7, 11) is 4.76. The van der Waals surface area contributed by atoms with Gasteiger partial charge >= 0.3 is 0 Å². The van der Waals surface area contributed by atoms with Crippen LogP contribution in [0.15, 0.2) is 6.07 Å². The number of hydrogen-bond acceptors (Lipinski definition) is 9. The Kier molecular flexibility index (Phi) is 5.59. The number of phenolic OH excluding ortho intramolecular Hbond substituents is 1.